The molecule has 0 heterocycles. The summed E-state index contributed by atoms with van der Waals surface area (Å²) < 4.78 is 11.5. The summed E-state index contributed by atoms with van der Waals surface area (Å²) in [5.41, 5.74) is -0.0967. The zero-order chi connectivity index (χ0) is 20.2. The Hall–Kier alpha value is -2.56. The highest BCUT2D eigenvalue weighted by atomic mass is 16.6. The van der Waals surface area contributed by atoms with Gasteiger partial charge in [0.25, 0.3) is 0 Å². The van der Waals surface area contributed by atoms with Crippen molar-refractivity contribution in [2.24, 2.45) is 0 Å². The van der Waals surface area contributed by atoms with Crippen LogP contribution in [0.25, 0.3) is 10.8 Å². The van der Waals surface area contributed by atoms with Gasteiger partial charge in [-0.2, -0.15) is 0 Å². The second kappa shape index (κ2) is 7.99. The van der Waals surface area contributed by atoms with Crippen molar-refractivity contribution in [1.29, 1.82) is 0 Å². The molecule has 0 saturated carbocycles. The van der Waals surface area contributed by atoms with Gasteiger partial charge in [-0.3, -0.25) is 9.59 Å². The summed E-state index contributed by atoms with van der Waals surface area (Å²) in [5, 5.41) is 4.69. The molecular weight excluding hydrogens is 342 g/mol. The second-order valence-electron chi connectivity index (χ2n) is 8.38. The van der Waals surface area contributed by atoms with Crippen LogP contribution >= 0.6 is 0 Å². The summed E-state index contributed by atoms with van der Waals surface area (Å²) in [6, 6.07) is 11.8. The van der Waals surface area contributed by atoms with Gasteiger partial charge in [0.05, 0.1) is 12.5 Å². The molecule has 1 N–H and O–H groups in total. The standard InChI is InChI=1S/C22H29NO4/c1-15(20(25)27-21(2,3)4)16-7-8-18-12-19(10-9-17(18)11-16)26-22(5,6)13-23-14-24/h7-12,14-15H,13H2,1-6H3,(H,23,24). The lowest BCUT2D eigenvalue weighted by molar-refractivity contribution is -0.156. The van der Waals surface area contributed by atoms with Crippen molar-refractivity contribution in [3.05, 3.63) is 42.0 Å². The van der Waals surface area contributed by atoms with E-state index in [-0.39, 0.29) is 11.9 Å². The van der Waals surface area contributed by atoms with Crippen LogP contribution in [0.15, 0.2) is 36.4 Å². The fourth-order valence-electron chi connectivity index (χ4n) is 2.74. The van der Waals surface area contributed by atoms with E-state index in [0.29, 0.717) is 13.0 Å². The van der Waals surface area contributed by atoms with E-state index >= 15 is 0 Å². The molecule has 0 radical (unpaired) electrons. The first-order valence-electron chi connectivity index (χ1n) is 9.13. The SMILES string of the molecule is CC(C(=O)OC(C)(C)C)c1ccc2cc(OC(C)(C)CNC=O)ccc2c1. The van der Waals surface area contributed by atoms with Crippen LogP contribution in [0, 0.1) is 0 Å². The zero-order valence-electron chi connectivity index (χ0n) is 17.0. The molecule has 0 aliphatic rings. The summed E-state index contributed by atoms with van der Waals surface area (Å²) in [6.45, 7) is 11.7. The Morgan fingerprint density at radius 3 is 2.33 bits per heavy atom. The lowest BCUT2D eigenvalue weighted by Crippen LogP contribution is -2.39. The maximum atomic E-state index is 12.3. The Bertz CT molecular complexity index is 821. The van der Waals surface area contributed by atoms with Gasteiger partial charge in [0.1, 0.15) is 17.0 Å². The number of rotatable bonds is 7. The van der Waals surface area contributed by atoms with Crippen molar-refractivity contribution in [3.63, 3.8) is 0 Å². The molecule has 1 atom stereocenters. The summed E-state index contributed by atoms with van der Waals surface area (Å²) in [4.78, 5) is 22.8. The summed E-state index contributed by atoms with van der Waals surface area (Å²) >= 11 is 0. The molecule has 0 saturated heterocycles. The Morgan fingerprint density at radius 2 is 1.70 bits per heavy atom. The lowest BCUT2D eigenvalue weighted by Gasteiger charge is -2.26. The van der Waals surface area contributed by atoms with E-state index in [1.54, 1.807) is 0 Å². The number of benzene rings is 2. The Labute approximate surface area is 161 Å². The molecule has 0 aromatic heterocycles. The van der Waals surface area contributed by atoms with E-state index < -0.39 is 11.2 Å². The van der Waals surface area contributed by atoms with Crippen molar-refractivity contribution in [1.82, 2.24) is 5.32 Å². The fourth-order valence-corrected chi connectivity index (χ4v) is 2.74. The van der Waals surface area contributed by atoms with Gasteiger partial charge in [0.2, 0.25) is 6.41 Å². The molecular formula is C22H29NO4. The first-order chi connectivity index (χ1) is 12.5. The van der Waals surface area contributed by atoms with Gasteiger partial charge in [0, 0.05) is 0 Å². The average Bonchev–Trinajstić information content (AvgIpc) is 2.57. The Kier molecular flexibility index (Phi) is 6.14. The first-order valence-corrected chi connectivity index (χ1v) is 9.13. The van der Waals surface area contributed by atoms with Crippen LogP contribution in [-0.2, 0) is 14.3 Å². The molecule has 2 aromatic carbocycles. The van der Waals surface area contributed by atoms with E-state index in [4.69, 9.17) is 9.47 Å². The summed E-state index contributed by atoms with van der Waals surface area (Å²) in [7, 11) is 0. The average molecular weight is 371 g/mol. The predicted octanol–water partition coefficient (Wildman–Crippen LogP) is 4.19. The Balaban J connectivity index is 2.19. The van der Waals surface area contributed by atoms with E-state index in [9.17, 15) is 9.59 Å². The van der Waals surface area contributed by atoms with Gasteiger partial charge >= 0.3 is 5.97 Å². The molecule has 0 spiro atoms. The van der Waals surface area contributed by atoms with E-state index in [1.807, 2.05) is 77.9 Å². The Morgan fingerprint density at radius 1 is 1.07 bits per heavy atom. The number of ether oxygens (including phenoxy) is 2. The normalized spacial score (nSPS) is 13.1. The van der Waals surface area contributed by atoms with Crippen molar-refractivity contribution in [2.45, 2.75) is 58.7 Å². The molecule has 0 fully saturated rings. The van der Waals surface area contributed by atoms with Crippen LogP contribution in [0.4, 0.5) is 0 Å². The van der Waals surface area contributed by atoms with Gasteiger partial charge in [0.15, 0.2) is 0 Å². The topological polar surface area (TPSA) is 64.6 Å². The maximum Gasteiger partial charge on any atom is 0.313 e. The number of hydrogen-bond donors (Lipinski definition) is 1. The van der Waals surface area contributed by atoms with Crippen LogP contribution in [0.3, 0.4) is 0 Å². The number of esters is 1. The number of carbonyl (C=O) groups is 2. The van der Waals surface area contributed by atoms with Crippen LogP contribution in [-0.4, -0.2) is 30.1 Å². The molecule has 5 heteroatoms. The summed E-state index contributed by atoms with van der Waals surface area (Å²) in [5.74, 6) is 0.164. The zero-order valence-corrected chi connectivity index (χ0v) is 17.0. The van der Waals surface area contributed by atoms with Crippen molar-refractivity contribution in [3.8, 4) is 5.75 Å². The van der Waals surface area contributed by atoms with Gasteiger partial charge in [-0.25, -0.2) is 0 Å². The van der Waals surface area contributed by atoms with Gasteiger partial charge in [-0.1, -0.05) is 24.3 Å². The minimum atomic E-state index is -0.514. The minimum absolute atomic E-state index is 0.230. The van der Waals surface area contributed by atoms with Crippen molar-refractivity contribution < 1.29 is 19.1 Å². The molecule has 1 unspecified atom stereocenters. The molecule has 0 aliphatic carbocycles. The van der Waals surface area contributed by atoms with Crippen LogP contribution in [0.1, 0.15) is 53.0 Å². The number of nitrogens with one attached hydrogen (secondary N) is 1. The van der Waals surface area contributed by atoms with Crippen LogP contribution in [0.5, 0.6) is 5.75 Å². The largest absolute Gasteiger partial charge is 0.486 e. The third kappa shape index (κ3) is 5.98. The third-order valence-corrected chi connectivity index (χ3v) is 4.10. The number of fused-ring (bicyclic) bond motifs is 1. The molecule has 5 nitrogen and oxygen atoms in total. The van der Waals surface area contributed by atoms with Crippen molar-refractivity contribution >= 4 is 23.2 Å². The highest BCUT2D eigenvalue weighted by Gasteiger charge is 2.23. The molecule has 2 rings (SSSR count). The highest BCUT2D eigenvalue weighted by molar-refractivity contribution is 5.86. The fraction of sp³-hybridized carbons (Fsp3) is 0.455. The van der Waals surface area contributed by atoms with E-state index in [0.717, 1.165) is 22.1 Å². The molecule has 27 heavy (non-hydrogen) atoms. The van der Waals surface area contributed by atoms with Gasteiger partial charge < -0.3 is 14.8 Å². The van der Waals surface area contributed by atoms with Gasteiger partial charge in [-0.05, 0) is 70.0 Å². The number of amides is 1. The smallest absolute Gasteiger partial charge is 0.313 e. The molecule has 2 aromatic rings. The highest BCUT2D eigenvalue weighted by Crippen LogP contribution is 2.28. The summed E-state index contributed by atoms with van der Waals surface area (Å²) in [6.07, 6.45) is 0.666. The predicted molar refractivity (Wildman–Crippen MR) is 107 cm³/mol. The van der Waals surface area contributed by atoms with Crippen LogP contribution in [0.2, 0.25) is 0 Å². The van der Waals surface area contributed by atoms with E-state index in [2.05, 4.69) is 5.32 Å². The molecule has 146 valence electrons. The minimum Gasteiger partial charge on any atom is -0.486 e. The monoisotopic (exact) mass is 371 g/mol. The molecule has 0 aliphatic heterocycles. The first kappa shape index (κ1) is 20.7. The maximum absolute atomic E-state index is 12.3. The molecule has 0 bridgehead atoms. The lowest BCUT2D eigenvalue weighted by atomic mass is 9.97. The van der Waals surface area contributed by atoms with Crippen molar-refractivity contribution in [2.75, 3.05) is 6.54 Å². The number of hydrogen-bond acceptors (Lipinski definition) is 4. The second-order valence-corrected chi connectivity index (χ2v) is 8.38. The van der Waals surface area contributed by atoms with E-state index in [1.165, 1.54) is 0 Å². The number of carbonyl (C=O) groups excluding carboxylic acids is 2. The van der Waals surface area contributed by atoms with Gasteiger partial charge in [-0.15, -0.1) is 0 Å². The molecule has 1 amide bonds. The third-order valence-electron chi connectivity index (χ3n) is 4.10. The quantitative estimate of drug-likeness (QED) is 0.585. The van der Waals surface area contributed by atoms with Crippen LogP contribution < -0.4 is 10.1 Å².